The van der Waals surface area contributed by atoms with Crippen molar-refractivity contribution in [1.82, 2.24) is 0 Å². The van der Waals surface area contributed by atoms with Gasteiger partial charge >= 0.3 is 0 Å². The van der Waals surface area contributed by atoms with Crippen molar-refractivity contribution in [2.75, 3.05) is 0 Å². The van der Waals surface area contributed by atoms with Crippen molar-refractivity contribution in [3.05, 3.63) is 45.4 Å². The van der Waals surface area contributed by atoms with Crippen LogP contribution in [0.3, 0.4) is 0 Å². The van der Waals surface area contributed by atoms with Gasteiger partial charge in [-0.05, 0) is 17.7 Å². The van der Waals surface area contributed by atoms with E-state index in [1.54, 1.807) is 12.1 Å². The highest BCUT2D eigenvalue weighted by molar-refractivity contribution is 6.42. The van der Waals surface area contributed by atoms with Crippen LogP contribution in [-0.4, -0.2) is 10.2 Å². The fourth-order valence-corrected chi connectivity index (χ4v) is 2.10. The Morgan fingerprint density at radius 2 is 1.65 bits per heavy atom. The standard InChI is InChI=1S/C14H6Cl2N2O2/c15-10-2-1-7(3-11(10)16)13-8(5-17)4-12(19)14(20)9(13)6-18/h1-4,19-20H. The normalized spacial score (nSPS) is 9.80. The molecule has 2 aromatic carbocycles. The first-order valence-electron chi connectivity index (χ1n) is 5.34. The van der Waals surface area contributed by atoms with Gasteiger partial charge in [0.25, 0.3) is 0 Å². The number of halogens is 2. The Balaban J connectivity index is 2.86. The monoisotopic (exact) mass is 304 g/mol. The molecule has 0 bridgehead atoms. The minimum Gasteiger partial charge on any atom is -0.504 e. The number of nitriles is 2. The maximum absolute atomic E-state index is 9.74. The van der Waals surface area contributed by atoms with Crippen LogP contribution in [0.25, 0.3) is 11.1 Å². The molecular weight excluding hydrogens is 299 g/mol. The SMILES string of the molecule is N#Cc1cc(O)c(O)c(C#N)c1-c1ccc(Cl)c(Cl)c1. The van der Waals surface area contributed by atoms with Gasteiger partial charge in [-0.1, -0.05) is 29.3 Å². The first-order chi connectivity index (χ1) is 9.49. The second kappa shape index (κ2) is 5.30. The summed E-state index contributed by atoms with van der Waals surface area (Å²) in [6.45, 7) is 0. The Morgan fingerprint density at radius 3 is 2.20 bits per heavy atom. The topological polar surface area (TPSA) is 88.0 Å². The fourth-order valence-electron chi connectivity index (χ4n) is 1.81. The number of aromatic hydroxyl groups is 2. The molecule has 0 aliphatic carbocycles. The van der Waals surface area contributed by atoms with Gasteiger partial charge in [0, 0.05) is 11.6 Å². The van der Waals surface area contributed by atoms with Gasteiger partial charge < -0.3 is 10.2 Å². The molecule has 0 aliphatic rings. The van der Waals surface area contributed by atoms with E-state index in [2.05, 4.69) is 0 Å². The van der Waals surface area contributed by atoms with E-state index < -0.39 is 11.5 Å². The highest BCUT2D eigenvalue weighted by atomic mass is 35.5. The maximum atomic E-state index is 9.74. The lowest BCUT2D eigenvalue weighted by Gasteiger charge is -2.10. The third-order valence-corrected chi connectivity index (χ3v) is 3.46. The van der Waals surface area contributed by atoms with Gasteiger partial charge in [-0.3, -0.25) is 0 Å². The van der Waals surface area contributed by atoms with Crippen LogP contribution < -0.4 is 0 Å². The third-order valence-electron chi connectivity index (χ3n) is 2.72. The summed E-state index contributed by atoms with van der Waals surface area (Å²) in [7, 11) is 0. The average Bonchev–Trinajstić information content (AvgIpc) is 2.44. The molecule has 0 atom stereocenters. The van der Waals surface area contributed by atoms with Crippen LogP contribution >= 0.6 is 23.2 Å². The molecule has 2 aromatic rings. The third kappa shape index (κ3) is 2.23. The maximum Gasteiger partial charge on any atom is 0.176 e. The summed E-state index contributed by atoms with van der Waals surface area (Å²) in [5.41, 5.74) is 0.502. The van der Waals surface area contributed by atoms with Gasteiger partial charge in [0.05, 0.1) is 21.7 Å². The van der Waals surface area contributed by atoms with Gasteiger partial charge in [-0.25, -0.2) is 0 Å². The molecule has 0 spiro atoms. The van der Waals surface area contributed by atoms with E-state index in [4.69, 9.17) is 33.7 Å². The summed E-state index contributed by atoms with van der Waals surface area (Å²) in [5.74, 6) is -1.10. The van der Waals surface area contributed by atoms with E-state index in [1.807, 2.05) is 6.07 Å². The largest absolute Gasteiger partial charge is 0.504 e. The van der Waals surface area contributed by atoms with E-state index in [-0.39, 0.29) is 21.7 Å². The zero-order valence-electron chi connectivity index (χ0n) is 9.85. The predicted molar refractivity (Wildman–Crippen MR) is 74.7 cm³/mol. The summed E-state index contributed by atoms with van der Waals surface area (Å²) < 4.78 is 0. The van der Waals surface area contributed by atoms with Gasteiger partial charge in [0.15, 0.2) is 11.5 Å². The molecule has 0 saturated heterocycles. The number of hydrogen-bond acceptors (Lipinski definition) is 4. The van der Waals surface area contributed by atoms with Crippen molar-refractivity contribution in [1.29, 1.82) is 10.5 Å². The second-order valence-electron chi connectivity index (χ2n) is 3.89. The molecule has 2 N–H and O–H groups in total. The number of phenols is 2. The second-order valence-corrected chi connectivity index (χ2v) is 4.71. The molecule has 0 fully saturated rings. The number of benzene rings is 2. The van der Waals surface area contributed by atoms with Crippen molar-refractivity contribution in [3.8, 4) is 34.8 Å². The van der Waals surface area contributed by atoms with Crippen molar-refractivity contribution >= 4 is 23.2 Å². The van der Waals surface area contributed by atoms with E-state index in [1.165, 1.54) is 12.1 Å². The Labute approximate surface area is 124 Å². The lowest BCUT2D eigenvalue weighted by Crippen LogP contribution is -1.92. The molecule has 0 amide bonds. The Kier molecular flexibility index (Phi) is 3.72. The van der Waals surface area contributed by atoms with E-state index >= 15 is 0 Å². The highest BCUT2D eigenvalue weighted by Gasteiger charge is 2.19. The molecule has 98 valence electrons. The smallest absolute Gasteiger partial charge is 0.176 e. The van der Waals surface area contributed by atoms with Crippen LogP contribution in [-0.2, 0) is 0 Å². The van der Waals surface area contributed by atoms with Crippen LogP contribution in [0.15, 0.2) is 24.3 Å². The molecule has 0 unspecified atom stereocenters. The summed E-state index contributed by atoms with van der Waals surface area (Å²) in [5, 5.41) is 38.1. The first kappa shape index (κ1) is 14.0. The van der Waals surface area contributed by atoms with Crippen LogP contribution in [0.1, 0.15) is 11.1 Å². The molecule has 0 aliphatic heterocycles. The Morgan fingerprint density at radius 1 is 0.950 bits per heavy atom. The molecule has 0 saturated carbocycles. The molecular formula is C14H6Cl2N2O2. The van der Waals surface area contributed by atoms with E-state index in [0.717, 1.165) is 6.07 Å². The fraction of sp³-hybridized carbons (Fsp3) is 0. The Hall–Kier alpha value is -2.40. The lowest BCUT2D eigenvalue weighted by atomic mass is 9.94. The number of hydrogen-bond donors (Lipinski definition) is 2. The molecule has 0 radical (unpaired) electrons. The van der Waals surface area contributed by atoms with Crippen molar-refractivity contribution in [2.45, 2.75) is 0 Å². The minimum absolute atomic E-state index is 0.0511. The van der Waals surface area contributed by atoms with Gasteiger partial charge in [-0.15, -0.1) is 0 Å². The molecule has 6 heteroatoms. The lowest BCUT2D eigenvalue weighted by molar-refractivity contribution is 0.402. The van der Waals surface area contributed by atoms with Gasteiger partial charge in [-0.2, -0.15) is 10.5 Å². The van der Waals surface area contributed by atoms with Crippen LogP contribution in [0.5, 0.6) is 11.5 Å². The van der Waals surface area contributed by atoms with Gasteiger partial charge in [0.2, 0.25) is 0 Å². The van der Waals surface area contributed by atoms with Crippen LogP contribution in [0.4, 0.5) is 0 Å². The van der Waals surface area contributed by atoms with E-state index in [9.17, 15) is 10.2 Å². The summed E-state index contributed by atoms with van der Waals surface area (Å²) in [4.78, 5) is 0. The quantitative estimate of drug-likeness (QED) is 0.784. The molecule has 4 nitrogen and oxygen atoms in total. The van der Waals surface area contributed by atoms with Crippen molar-refractivity contribution in [3.63, 3.8) is 0 Å². The average molecular weight is 305 g/mol. The summed E-state index contributed by atoms with van der Waals surface area (Å²) in [6, 6.07) is 9.31. The molecule has 0 aromatic heterocycles. The highest BCUT2D eigenvalue weighted by Crippen LogP contribution is 2.40. The Bertz CT molecular complexity index is 789. The van der Waals surface area contributed by atoms with E-state index in [0.29, 0.717) is 10.6 Å². The minimum atomic E-state index is -0.576. The zero-order valence-corrected chi connectivity index (χ0v) is 11.4. The zero-order chi connectivity index (χ0) is 14.9. The van der Waals surface area contributed by atoms with Crippen molar-refractivity contribution < 1.29 is 10.2 Å². The molecule has 20 heavy (non-hydrogen) atoms. The van der Waals surface area contributed by atoms with Gasteiger partial charge in [0.1, 0.15) is 11.6 Å². The van der Waals surface area contributed by atoms with Crippen LogP contribution in [0, 0.1) is 22.7 Å². The number of nitrogens with zero attached hydrogens (tertiary/aromatic N) is 2. The number of phenolic OH excluding ortho intramolecular Hbond substituents is 2. The first-order valence-corrected chi connectivity index (χ1v) is 6.09. The predicted octanol–water partition coefficient (Wildman–Crippen LogP) is 3.81. The van der Waals surface area contributed by atoms with Crippen LogP contribution in [0.2, 0.25) is 10.0 Å². The summed E-state index contributed by atoms with van der Waals surface area (Å²) in [6.07, 6.45) is 0. The number of rotatable bonds is 1. The molecule has 2 rings (SSSR count). The molecule has 0 heterocycles. The summed E-state index contributed by atoms with van der Waals surface area (Å²) >= 11 is 11.7. The van der Waals surface area contributed by atoms with Crippen molar-refractivity contribution in [2.24, 2.45) is 0 Å².